The van der Waals surface area contributed by atoms with Gasteiger partial charge in [-0.05, 0) is 52.0 Å². The Morgan fingerprint density at radius 3 is 2.48 bits per heavy atom. The van der Waals surface area contributed by atoms with Gasteiger partial charge >= 0.3 is 12.3 Å². The van der Waals surface area contributed by atoms with Crippen molar-refractivity contribution in [2.45, 2.75) is 56.8 Å². The van der Waals surface area contributed by atoms with Crippen molar-refractivity contribution in [1.29, 1.82) is 0 Å². The number of hydrogen-bond donors (Lipinski definition) is 1. The predicted molar refractivity (Wildman–Crippen MR) is 114 cm³/mol. The second-order valence-electron chi connectivity index (χ2n) is 8.52. The SMILES string of the molecule is C[C@@H]1CC(=O)c2ncc(NC(=O)OC(C)(C)C)cc2N1S(=O)(=O)c1cccc(C(F)(F)F)c1. The van der Waals surface area contributed by atoms with Crippen molar-refractivity contribution >= 4 is 33.3 Å². The summed E-state index contributed by atoms with van der Waals surface area (Å²) in [7, 11) is -4.51. The number of ether oxygens (including phenoxy) is 1. The van der Waals surface area contributed by atoms with Gasteiger partial charge in [0.05, 0.1) is 34.1 Å². The minimum Gasteiger partial charge on any atom is -0.444 e. The molecule has 12 heteroatoms. The van der Waals surface area contributed by atoms with Crippen LogP contribution in [0, 0.1) is 0 Å². The van der Waals surface area contributed by atoms with Gasteiger partial charge in [0.25, 0.3) is 10.0 Å². The molecule has 2 heterocycles. The summed E-state index contributed by atoms with van der Waals surface area (Å²) in [6, 6.07) is 3.67. The number of carbonyl (C=O) groups is 2. The molecular formula is C21H22F3N3O5S. The zero-order valence-corrected chi connectivity index (χ0v) is 19.0. The van der Waals surface area contributed by atoms with Crippen molar-refractivity contribution in [3.8, 4) is 0 Å². The fourth-order valence-electron chi connectivity index (χ4n) is 3.32. The topological polar surface area (TPSA) is 106 Å². The molecule has 1 atom stereocenters. The third-order valence-electron chi connectivity index (χ3n) is 4.61. The number of nitrogens with zero attached hydrogens (tertiary/aromatic N) is 2. The van der Waals surface area contributed by atoms with Crippen LogP contribution in [0.3, 0.4) is 0 Å². The zero-order valence-electron chi connectivity index (χ0n) is 18.2. The first-order valence-corrected chi connectivity index (χ1v) is 11.3. The largest absolute Gasteiger partial charge is 0.444 e. The number of hydrogen-bond acceptors (Lipinski definition) is 6. The lowest BCUT2D eigenvalue weighted by molar-refractivity contribution is -0.137. The van der Waals surface area contributed by atoms with Crippen LogP contribution in [-0.2, 0) is 20.9 Å². The average Bonchev–Trinajstić information content (AvgIpc) is 2.65. The van der Waals surface area contributed by atoms with E-state index < -0.39 is 50.2 Å². The molecule has 0 aliphatic carbocycles. The molecular weight excluding hydrogens is 463 g/mol. The molecule has 0 fully saturated rings. The Labute approximate surface area is 188 Å². The quantitative estimate of drug-likeness (QED) is 0.680. The molecule has 0 saturated carbocycles. The number of fused-ring (bicyclic) bond motifs is 1. The lowest BCUT2D eigenvalue weighted by Gasteiger charge is -2.35. The summed E-state index contributed by atoms with van der Waals surface area (Å²) in [6.45, 7) is 6.42. The van der Waals surface area contributed by atoms with Gasteiger partial charge in [-0.3, -0.25) is 14.4 Å². The predicted octanol–water partition coefficient (Wildman–Crippen LogP) is 4.62. The van der Waals surface area contributed by atoms with Gasteiger partial charge in [0.15, 0.2) is 5.78 Å². The van der Waals surface area contributed by atoms with E-state index in [1.54, 1.807) is 20.8 Å². The molecule has 0 saturated heterocycles. The van der Waals surface area contributed by atoms with Crippen LogP contribution < -0.4 is 9.62 Å². The number of carbonyl (C=O) groups excluding carboxylic acids is 2. The van der Waals surface area contributed by atoms with E-state index in [0.29, 0.717) is 6.07 Å². The van der Waals surface area contributed by atoms with Crippen molar-refractivity contribution in [1.82, 2.24) is 4.98 Å². The second-order valence-corrected chi connectivity index (χ2v) is 10.3. The summed E-state index contributed by atoms with van der Waals surface area (Å²) >= 11 is 0. The van der Waals surface area contributed by atoms with Crippen LogP contribution in [0.1, 0.15) is 50.2 Å². The van der Waals surface area contributed by atoms with Gasteiger partial charge in [0, 0.05) is 6.42 Å². The number of aromatic nitrogens is 1. The first-order chi connectivity index (χ1) is 15.1. The highest BCUT2D eigenvalue weighted by atomic mass is 32.2. The summed E-state index contributed by atoms with van der Waals surface area (Å²) in [5.41, 5.74) is -2.19. The fourth-order valence-corrected chi connectivity index (χ4v) is 5.02. The monoisotopic (exact) mass is 485 g/mol. The average molecular weight is 485 g/mol. The third kappa shape index (κ3) is 5.27. The maximum Gasteiger partial charge on any atom is 0.416 e. The molecule has 0 bridgehead atoms. The van der Waals surface area contributed by atoms with Crippen LogP contribution in [0.2, 0.25) is 0 Å². The van der Waals surface area contributed by atoms with E-state index in [1.807, 2.05) is 0 Å². The molecule has 1 N–H and O–H groups in total. The molecule has 178 valence electrons. The Hall–Kier alpha value is -3.15. The van der Waals surface area contributed by atoms with Crippen molar-refractivity contribution in [2.24, 2.45) is 0 Å². The maximum absolute atomic E-state index is 13.4. The smallest absolute Gasteiger partial charge is 0.416 e. The highest BCUT2D eigenvalue weighted by molar-refractivity contribution is 7.92. The lowest BCUT2D eigenvalue weighted by atomic mass is 10.0. The molecule has 3 rings (SSSR count). The molecule has 1 aliphatic heterocycles. The summed E-state index contributed by atoms with van der Waals surface area (Å²) < 4.78 is 72.2. The maximum atomic E-state index is 13.4. The number of sulfonamides is 1. The van der Waals surface area contributed by atoms with Crippen LogP contribution in [0.4, 0.5) is 29.3 Å². The van der Waals surface area contributed by atoms with Crippen LogP contribution >= 0.6 is 0 Å². The number of anilines is 2. The van der Waals surface area contributed by atoms with Gasteiger partial charge in [-0.1, -0.05) is 6.07 Å². The zero-order chi connectivity index (χ0) is 24.8. The number of rotatable bonds is 3. The van der Waals surface area contributed by atoms with E-state index >= 15 is 0 Å². The minimum absolute atomic E-state index is 0.0501. The first-order valence-electron chi connectivity index (χ1n) is 9.84. The highest BCUT2D eigenvalue weighted by Crippen LogP contribution is 2.37. The number of nitrogens with one attached hydrogen (secondary N) is 1. The van der Waals surface area contributed by atoms with Gasteiger partial charge in [0.1, 0.15) is 11.3 Å². The normalized spacial score (nSPS) is 16.9. The number of benzene rings is 1. The Bertz CT molecular complexity index is 1210. The molecule has 1 amide bonds. The molecule has 2 aromatic rings. The van der Waals surface area contributed by atoms with E-state index in [0.717, 1.165) is 22.5 Å². The van der Waals surface area contributed by atoms with Crippen molar-refractivity contribution < 1.29 is 35.9 Å². The number of pyridine rings is 1. The minimum atomic E-state index is -4.74. The van der Waals surface area contributed by atoms with Crippen molar-refractivity contribution in [3.63, 3.8) is 0 Å². The fraction of sp³-hybridized carbons (Fsp3) is 0.381. The molecule has 1 aromatic carbocycles. The summed E-state index contributed by atoms with van der Waals surface area (Å²) in [6.07, 6.45) is -4.60. The van der Waals surface area contributed by atoms with E-state index in [9.17, 15) is 31.2 Å². The van der Waals surface area contributed by atoms with Crippen molar-refractivity contribution in [3.05, 3.63) is 47.8 Å². The Morgan fingerprint density at radius 2 is 1.88 bits per heavy atom. The van der Waals surface area contributed by atoms with E-state index in [2.05, 4.69) is 10.3 Å². The molecule has 33 heavy (non-hydrogen) atoms. The second kappa shape index (κ2) is 8.32. The van der Waals surface area contributed by atoms with Gasteiger partial charge in [-0.15, -0.1) is 0 Å². The number of amides is 1. The van der Waals surface area contributed by atoms with Gasteiger partial charge in [-0.25, -0.2) is 18.2 Å². The number of halogens is 3. The van der Waals surface area contributed by atoms with Gasteiger partial charge < -0.3 is 4.74 Å². The lowest BCUT2D eigenvalue weighted by Crippen LogP contribution is -2.44. The molecule has 1 aromatic heterocycles. The molecule has 1 aliphatic rings. The number of alkyl halides is 3. The van der Waals surface area contributed by atoms with Crippen molar-refractivity contribution in [2.75, 3.05) is 9.62 Å². The first kappa shape index (κ1) is 24.5. The Balaban J connectivity index is 2.06. The van der Waals surface area contributed by atoms with E-state index in [-0.39, 0.29) is 23.5 Å². The molecule has 8 nitrogen and oxygen atoms in total. The summed E-state index contributed by atoms with van der Waals surface area (Å²) in [4.78, 5) is 28.0. The van der Waals surface area contributed by atoms with Crippen LogP contribution in [0.25, 0.3) is 0 Å². The van der Waals surface area contributed by atoms with Gasteiger partial charge in [0.2, 0.25) is 0 Å². The number of Topliss-reactive ketones (excluding diaryl/α,β-unsaturated/α-hetero) is 1. The summed E-state index contributed by atoms with van der Waals surface area (Å²) in [5, 5.41) is 2.41. The van der Waals surface area contributed by atoms with E-state index in [1.165, 1.54) is 19.2 Å². The Kier molecular flexibility index (Phi) is 6.18. The summed E-state index contributed by atoms with van der Waals surface area (Å²) in [5.74, 6) is -0.434. The standard InChI is InChI=1S/C21H22F3N3O5S/c1-12-8-17(28)18-16(10-14(11-25-18)26-19(29)32-20(2,3)4)27(12)33(30,31)15-7-5-6-13(9-15)21(22,23)24/h5-7,9-12H,8H2,1-4H3,(H,26,29)/t12-/m1/s1. The molecule has 0 unspecified atom stereocenters. The number of ketones is 1. The van der Waals surface area contributed by atoms with Crippen LogP contribution in [-0.4, -0.2) is 36.9 Å². The molecule has 0 spiro atoms. The van der Waals surface area contributed by atoms with Crippen LogP contribution in [0.5, 0.6) is 0 Å². The highest BCUT2D eigenvalue weighted by Gasteiger charge is 2.39. The molecule has 0 radical (unpaired) electrons. The van der Waals surface area contributed by atoms with Gasteiger partial charge in [-0.2, -0.15) is 13.2 Å². The third-order valence-corrected chi connectivity index (χ3v) is 6.54. The Morgan fingerprint density at radius 1 is 1.21 bits per heavy atom. The van der Waals surface area contributed by atoms with Crippen LogP contribution in [0.15, 0.2) is 41.4 Å². The van der Waals surface area contributed by atoms with E-state index in [4.69, 9.17) is 4.74 Å².